The van der Waals surface area contributed by atoms with Crippen molar-refractivity contribution in [3.63, 3.8) is 0 Å². The zero-order chi connectivity index (χ0) is 25.4. The second-order valence-corrected chi connectivity index (χ2v) is 11.0. The SMILES string of the molecule is CC(C)(C)N1C(=O)OC2(CCN(CCCC(c3ccc(F)cc3)c3ccc(F)cc3)CC2)C1(C)O. The quantitative estimate of drug-likeness (QED) is 0.572. The van der Waals surface area contributed by atoms with E-state index in [0.717, 1.165) is 43.6 Å². The molecule has 0 aliphatic carbocycles. The van der Waals surface area contributed by atoms with Crippen LogP contribution in [0, 0.1) is 11.6 Å². The van der Waals surface area contributed by atoms with Gasteiger partial charge in [-0.25, -0.2) is 13.6 Å². The molecule has 2 aromatic rings. The topological polar surface area (TPSA) is 53.0 Å². The van der Waals surface area contributed by atoms with Crippen molar-refractivity contribution in [3.05, 3.63) is 71.3 Å². The molecule has 1 spiro atoms. The maximum Gasteiger partial charge on any atom is 0.413 e. The van der Waals surface area contributed by atoms with E-state index in [4.69, 9.17) is 4.74 Å². The summed E-state index contributed by atoms with van der Waals surface area (Å²) in [5.74, 6) is -0.506. The third kappa shape index (κ3) is 5.07. The molecule has 0 aromatic heterocycles. The van der Waals surface area contributed by atoms with Gasteiger partial charge in [-0.15, -0.1) is 0 Å². The van der Waals surface area contributed by atoms with Gasteiger partial charge >= 0.3 is 6.09 Å². The lowest BCUT2D eigenvalue weighted by molar-refractivity contribution is -0.179. The number of hydrogen-bond donors (Lipinski definition) is 1. The van der Waals surface area contributed by atoms with Crippen molar-refractivity contribution < 1.29 is 23.4 Å². The number of amides is 1. The van der Waals surface area contributed by atoms with E-state index in [0.29, 0.717) is 12.8 Å². The van der Waals surface area contributed by atoms with E-state index in [1.807, 2.05) is 20.8 Å². The maximum absolute atomic E-state index is 13.5. The summed E-state index contributed by atoms with van der Waals surface area (Å²) in [6, 6.07) is 13.0. The summed E-state index contributed by atoms with van der Waals surface area (Å²) in [5, 5.41) is 11.4. The van der Waals surface area contributed by atoms with Crippen LogP contribution in [0.15, 0.2) is 48.5 Å². The summed E-state index contributed by atoms with van der Waals surface area (Å²) in [4.78, 5) is 16.4. The van der Waals surface area contributed by atoms with Gasteiger partial charge in [0, 0.05) is 37.4 Å². The third-order valence-electron chi connectivity index (χ3n) is 7.61. The van der Waals surface area contributed by atoms with Gasteiger partial charge in [-0.3, -0.25) is 4.90 Å². The highest BCUT2D eigenvalue weighted by Crippen LogP contribution is 2.47. The first-order valence-corrected chi connectivity index (χ1v) is 12.4. The summed E-state index contributed by atoms with van der Waals surface area (Å²) >= 11 is 0. The van der Waals surface area contributed by atoms with Crippen LogP contribution in [0.25, 0.3) is 0 Å². The second kappa shape index (κ2) is 9.51. The number of ether oxygens (including phenoxy) is 1. The predicted octanol–water partition coefficient (Wildman–Crippen LogP) is 5.67. The molecule has 2 saturated heterocycles. The van der Waals surface area contributed by atoms with E-state index in [1.165, 1.54) is 29.2 Å². The van der Waals surface area contributed by atoms with Gasteiger partial charge in [0.25, 0.3) is 0 Å². The molecule has 1 atom stereocenters. The fourth-order valence-corrected chi connectivity index (χ4v) is 5.77. The molecule has 4 rings (SSSR count). The lowest BCUT2D eigenvalue weighted by atomic mass is 9.80. The third-order valence-corrected chi connectivity index (χ3v) is 7.61. The molecule has 1 unspecified atom stereocenters. The van der Waals surface area contributed by atoms with Crippen LogP contribution < -0.4 is 0 Å². The highest BCUT2D eigenvalue weighted by molar-refractivity contribution is 5.73. The molecule has 7 heteroatoms. The van der Waals surface area contributed by atoms with Crippen LogP contribution in [0.2, 0.25) is 0 Å². The summed E-state index contributed by atoms with van der Waals surface area (Å²) in [6.07, 6.45) is 2.41. The van der Waals surface area contributed by atoms with E-state index in [-0.39, 0.29) is 17.6 Å². The lowest BCUT2D eigenvalue weighted by Crippen LogP contribution is -2.64. The molecule has 1 amide bonds. The standard InChI is InChI=1S/C28H36F2N2O3/c1-26(2,3)32-25(33)35-28(27(32,4)34)15-18-31(19-16-28)17-5-6-24(20-7-11-22(29)12-8-20)21-9-13-23(30)14-10-21/h7-14,24,34H,5-6,15-19H2,1-4H3. The van der Waals surface area contributed by atoms with Crippen molar-refractivity contribution in [1.82, 2.24) is 9.80 Å². The van der Waals surface area contributed by atoms with Gasteiger partial charge in [-0.05, 0) is 82.5 Å². The fourth-order valence-electron chi connectivity index (χ4n) is 5.77. The molecular weight excluding hydrogens is 450 g/mol. The summed E-state index contributed by atoms with van der Waals surface area (Å²) in [6.45, 7) is 9.68. The van der Waals surface area contributed by atoms with Crippen LogP contribution >= 0.6 is 0 Å². The molecule has 2 fully saturated rings. The Morgan fingerprint density at radius 2 is 1.46 bits per heavy atom. The number of likely N-dealkylation sites (tertiary alicyclic amines) is 1. The molecule has 35 heavy (non-hydrogen) atoms. The first-order chi connectivity index (χ1) is 16.4. The monoisotopic (exact) mass is 486 g/mol. The molecule has 0 bridgehead atoms. The van der Waals surface area contributed by atoms with Crippen molar-refractivity contribution in [2.24, 2.45) is 0 Å². The van der Waals surface area contributed by atoms with Crippen LogP contribution in [-0.4, -0.2) is 57.5 Å². The molecule has 0 saturated carbocycles. The van der Waals surface area contributed by atoms with E-state index >= 15 is 0 Å². The number of carbonyl (C=O) groups is 1. The number of aliphatic hydroxyl groups is 1. The molecule has 190 valence electrons. The molecule has 5 nitrogen and oxygen atoms in total. The number of carbonyl (C=O) groups excluding carboxylic acids is 1. The Kier molecular flexibility index (Phi) is 6.95. The van der Waals surface area contributed by atoms with Crippen molar-refractivity contribution >= 4 is 6.09 Å². The van der Waals surface area contributed by atoms with Gasteiger partial charge in [-0.1, -0.05) is 24.3 Å². The average Bonchev–Trinajstić information content (AvgIpc) is 2.98. The number of halogens is 2. The van der Waals surface area contributed by atoms with Gasteiger partial charge in [0.1, 0.15) is 11.6 Å². The molecule has 2 heterocycles. The highest BCUT2D eigenvalue weighted by atomic mass is 19.1. The Hall–Kier alpha value is -2.51. The summed E-state index contributed by atoms with van der Waals surface area (Å²) in [5.41, 5.74) is -0.807. The normalized spacial score (nSPS) is 22.7. The first kappa shape index (κ1) is 25.6. The smallest absolute Gasteiger partial charge is 0.413 e. The Bertz CT molecular complexity index is 978. The Labute approximate surface area is 206 Å². The summed E-state index contributed by atoms with van der Waals surface area (Å²) in [7, 11) is 0. The predicted molar refractivity (Wildman–Crippen MR) is 131 cm³/mol. The van der Waals surface area contributed by atoms with Gasteiger partial charge < -0.3 is 14.7 Å². The van der Waals surface area contributed by atoms with E-state index in [1.54, 1.807) is 31.2 Å². The van der Waals surface area contributed by atoms with Crippen LogP contribution in [0.1, 0.15) is 70.4 Å². The maximum atomic E-state index is 13.5. The van der Waals surface area contributed by atoms with Crippen molar-refractivity contribution in [1.29, 1.82) is 0 Å². The Morgan fingerprint density at radius 3 is 1.89 bits per heavy atom. The zero-order valence-corrected chi connectivity index (χ0v) is 21.1. The van der Waals surface area contributed by atoms with Gasteiger partial charge in [0.15, 0.2) is 11.3 Å². The van der Waals surface area contributed by atoms with Gasteiger partial charge in [0.05, 0.1) is 0 Å². The molecule has 1 N–H and O–H groups in total. The molecule has 2 aromatic carbocycles. The van der Waals surface area contributed by atoms with Crippen LogP contribution in [0.5, 0.6) is 0 Å². The zero-order valence-electron chi connectivity index (χ0n) is 21.1. The molecule has 2 aliphatic rings. The highest BCUT2D eigenvalue weighted by Gasteiger charge is 2.64. The molecular formula is C28H36F2N2O3. The van der Waals surface area contributed by atoms with Gasteiger partial charge in [0.2, 0.25) is 0 Å². The molecule has 0 radical (unpaired) electrons. The van der Waals surface area contributed by atoms with Crippen molar-refractivity contribution in [3.8, 4) is 0 Å². The number of nitrogens with zero attached hydrogens (tertiary/aromatic N) is 2. The first-order valence-electron chi connectivity index (χ1n) is 12.4. The lowest BCUT2D eigenvalue weighted by Gasteiger charge is -2.47. The van der Waals surface area contributed by atoms with E-state index in [2.05, 4.69) is 4.90 Å². The van der Waals surface area contributed by atoms with E-state index < -0.39 is 23.0 Å². The van der Waals surface area contributed by atoms with Crippen LogP contribution in [0.4, 0.5) is 13.6 Å². The van der Waals surface area contributed by atoms with Gasteiger partial charge in [-0.2, -0.15) is 0 Å². The average molecular weight is 487 g/mol. The Morgan fingerprint density at radius 1 is 0.971 bits per heavy atom. The van der Waals surface area contributed by atoms with Crippen LogP contribution in [0.3, 0.4) is 0 Å². The number of benzene rings is 2. The summed E-state index contributed by atoms with van der Waals surface area (Å²) < 4.78 is 32.8. The van der Waals surface area contributed by atoms with E-state index in [9.17, 15) is 18.7 Å². The minimum Gasteiger partial charge on any atom is -0.437 e. The minimum absolute atomic E-state index is 0.0456. The minimum atomic E-state index is -1.37. The number of rotatable bonds is 6. The van der Waals surface area contributed by atoms with Crippen molar-refractivity contribution in [2.45, 2.75) is 76.2 Å². The fraction of sp³-hybridized carbons (Fsp3) is 0.536. The Balaban J connectivity index is 1.38. The number of piperidine rings is 1. The van der Waals surface area contributed by atoms with Crippen molar-refractivity contribution in [2.75, 3.05) is 19.6 Å². The van der Waals surface area contributed by atoms with Crippen LogP contribution in [-0.2, 0) is 4.74 Å². The number of hydrogen-bond acceptors (Lipinski definition) is 4. The largest absolute Gasteiger partial charge is 0.437 e. The molecule has 2 aliphatic heterocycles. The second-order valence-electron chi connectivity index (χ2n) is 11.0.